The van der Waals surface area contributed by atoms with Gasteiger partial charge in [0, 0.05) is 12.2 Å². The highest BCUT2D eigenvalue weighted by Gasteiger charge is 2.14. The normalized spacial score (nSPS) is 12.5. The Hall–Kier alpha value is -0.180. The Kier molecular flexibility index (Phi) is 4.97. The number of carbonyl (C=O) groups is 1. The zero-order chi connectivity index (χ0) is 11.4. The van der Waals surface area contributed by atoms with E-state index in [9.17, 15) is 4.79 Å². The quantitative estimate of drug-likeness (QED) is 0.813. The second-order valence-electron chi connectivity index (χ2n) is 3.45. The van der Waals surface area contributed by atoms with Crippen molar-refractivity contribution in [1.82, 2.24) is 0 Å². The second kappa shape index (κ2) is 5.78. The number of hydrogen-bond donors (Lipinski definition) is 1. The van der Waals surface area contributed by atoms with Gasteiger partial charge in [-0.2, -0.15) is 12.6 Å². The number of thiol groups is 1. The molecule has 1 unspecified atom stereocenters. The van der Waals surface area contributed by atoms with Gasteiger partial charge in [0.05, 0.1) is 10.0 Å². The maximum absolute atomic E-state index is 11.2. The van der Waals surface area contributed by atoms with Crippen LogP contribution in [0.15, 0.2) is 18.2 Å². The van der Waals surface area contributed by atoms with Crippen molar-refractivity contribution in [2.45, 2.75) is 19.3 Å². The fourth-order valence-corrected chi connectivity index (χ4v) is 2.04. The first-order valence-corrected chi connectivity index (χ1v) is 6.01. The van der Waals surface area contributed by atoms with E-state index in [-0.39, 0.29) is 17.5 Å². The lowest BCUT2D eigenvalue weighted by Gasteiger charge is -2.12. The summed E-state index contributed by atoms with van der Waals surface area (Å²) in [4.78, 5) is 11.2. The first kappa shape index (κ1) is 12.9. The summed E-state index contributed by atoms with van der Waals surface area (Å²) in [6, 6.07) is 5.47. The highest BCUT2D eigenvalue weighted by molar-refractivity contribution is 7.81. The molecule has 0 heterocycles. The van der Waals surface area contributed by atoms with Gasteiger partial charge in [0.25, 0.3) is 0 Å². The number of rotatable bonds is 4. The molecular formula is C11H12Cl2OS. The van der Waals surface area contributed by atoms with Crippen molar-refractivity contribution in [3.63, 3.8) is 0 Å². The third-order valence-corrected chi connectivity index (χ3v) is 3.41. The van der Waals surface area contributed by atoms with Gasteiger partial charge in [0.1, 0.15) is 5.78 Å². The summed E-state index contributed by atoms with van der Waals surface area (Å²) < 4.78 is 0. The molecule has 0 aliphatic rings. The summed E-state index contributed by atoms with van der Waals surface area (Å²) in [5, 5.41) is 1.07. The fraction of sp³-hybridized carbons (Fsp3) is 0.364. The molecular weight excluding hydrogens is 251 g/mol. The van der Waals surface area contributed by atoms with Gasteiger partial charge in [-0.15, -0.1) is 0 Å². The molecule has 0 fully saturated rings. The van der Waals surface area contributed by atoms with E-state index in [2.05, 4.69) is 12.6 Å². The summed E-state index contributed by atoms with van der Waals surface area (Å²) >= 11 is 15.9. The van der Waals surface area contributed by atoms with Crippen LogP contribution >= 0.6 is 35.8 Å². The zero-order valence-electron chi connectivity index (χ0n) is 8.34. The molecule has 1 aromatic carbocycles. The van der Waals surface area contributed by atoms with Crippen molar-refractivity contribution in [3.05, 3.63) is 33.8 Å². The van der Waals surface area contributed by atoms with Gasteiger partial charge in [-0.3, -0.25) is 4.79 Å². The van der Waals surface area contributed by atoms with Crippen LogP contribution in [0.5, 0.6) is 0 Å². The van der Waals surface area contributed by atoms with Crippen molar-refractivity contribution >= 4 is 41.6 Å². The topological polar surface area (TPSA) is 17.1 Å². The van der Waals surface area contributed by atoms with Crippen LogP contribution in [0.3, 0.4) is 0 Å². The molecule has 0 radical (unpaired) electrons. The smallest absolute Gasteiger partial charge is 0.143 e. The van der Waals surface area contributed by atoms with Crippen molar-refractivity contribution in [2.75, 3.05) is 5.75 Å². The monoisotopic (exact) mass is 262 g/mol. The van der Waals surface area contributed by atoms with Crippen LogP contribution < -0.4 is 0 Å². The van der Waals surface area contributed by atoms with Crippen LogP contribution in [-0.4, -0.2) is 11.5 Å². The number of ketones is 1. The van der Waals surface area contributed by atoms with Gasteiger partial charge in [0.15, 0.2) is 0 Å². The highest BCUT2D eigenvalue weighted by Crippen LogP contribution is 2.32. The zero-order valence-corrected chi connectivity index (χ0v) is 10.7. The number of halogens is 2. The van der Waals surface area contributed by atoms with E-state index >= 15 is 0 Å². The largest absolute Gasteiger partial charge is 0.299 e. The van der Waals surface area contributed by atoms with Gasteiger partial charge >= 0.3 is 0 Å². The molecule has 0 aliphatic heterocycles. The number of hydrogen-bond acceptors (Lipinski definition) is 2. The van der Waals surface area contributed by atoms with E-state index in [1.54, 1.807) is 6.07 Å². The number of benzene rings is 1. The van der Waals surface area contributed by atoms with Crippen molar-refractivity contribution in [1.29, 1.82) is 0 Å². The van der Waals surface area contributed by atoms with E-state index < -0.39 is 0 Å². The van der Waals surface area contributed by atoms with Crippen LogP contribution in [0, 0.1) is 0 Å². The Morgan fingerprint density at radius 2 is 2.13 bits per heavy atom. The van der Waals surface area contributed by atoms with Crippen molar-refractivity contribution < 1.29 is 4.79 Å². The van der Waals surface area contributed by atoms with Gasteiger partial charge in [0.2, 0.25) is 0 Å². The summed E-state index contributed by atoms with van der Waals surface area (Å²) in [5.41, 5.74) is 0.916. The second-order valence-corrected chi connectivity index (χ2v) is 4.55. The first-order valence-electron chi connectivity index (χ1n) is 4.62. The molecule has 0 saturated heterocycles. The lowest BCUT2D eigenvalue weighted by atomic mass is 9.96. The molecule has 0 aliphatic carbocycles. The molecule has 15 heavy (non-hydrogen) atoms. The van der Waals surface area contributed by atoms with Crippen LogP contribution in [0.25, 0.3) is 0 Å². The molecule has 0 saturated carbocycles. The van der Waals surface area contributed by atoms with Crippen LogP contribution in [0.2, 0.25) is 10.0 Å². The minimum Gasteiger partial charge on any atom is -0.299 e. The molecule has 82 valence electrons. The molecule has 0 amide bonds. The molecule has 0 aromatic heterocycles. The average Bonchev–Trinajstić information content (AvgIpc) is 2.21. The van der Waals surface area contributed by atoms with E-state index in [1.165, 1.54) is 0 Å². The molecule has 1 rings (SSSR count). The molecule has 1 nitrogen and oxygen atoms in total. The Morgan fingerprint density at radius 1 is 1.47 bits per heavy atom. The Balaban J connectivity index is 2.86. The summed E-state index contributed by atoms with van der Waals surface area (Å²) in [5.74, 6) is 0.459. The van der Waals surface area contributed by atoms with Crippen molar-refractivity contribution in [3.8, 4) is 0 Å². The average molecular weight is 263 g/mol. The molecule has 0 spiro atoms. The van der Waals surface area contributed by atoms with Gasteiger partial charge in [-0.05, 0) is 17.5 Å². The minimum absolute atomic E-state index is 0.0795. The van der Waals surface area contributed by atoms with Gasteiger partial charge < -0.3 is 0 Å². The highest BCUT2D eigenvalue weighted by atomic mass is 35.5. The molecule has 4 heteroatoms. The first-order chi connectivity index (χ1) is 7.06. The Labute approximate surface area is 105 Å². The lowest BCUT2D eigenvalue weighted by molar-refractivity contribution is -0.116. The van der Waals surface area contributed by atoms with E-state index in [0.717, 1.165) is 5.56 Å². The molecule has 0 bridgehead atoms. The SMILES string of the molecule is CC(CC(=O)CS)c1cccc(Cl)c1Cl. The molecule has 1 atom stereocenters. The summed E-state index contributed by atoms with van der Waals surface area (Å²) in [6.07, 6.45) is 0.448. The Bertz CT molecular complexity index is 366. The van der Waals surface area contributed by atoms with E-state index in [4.69, 9.17) is 23.2 Å². The van der Waals surface area contributed by atoms with Crippen LogP contribution in [0.1, 0.15) is 24.8 Å². The Morgan fingerprint density at radius 3 is 2.73 bits per heavy atom. The predicted octanol–water partition coefficient (Wildman–Crippen LogP) is 3.99. The van der Waals surface area contributed by atoms with E-state index in [0.29, 0.717) is 16.5 Å². The molecule has 0 N–H and O–H groups in total. The summed E-state index contributed by atoms with van der Waals surface area (Å²) in [6.45, 7) is 1.96. The van der Waals surface area contributed by atoms with Gasteiger partial charge in [-0.1, -0.05) is 42.3 Å². The lowest BCUT2D eigenvalue weighted by Crippen LogP contribution is -2.06. The fourth-order valence-electron chi connectivity index (χ4n) is 1.42. The van der Waals surface area contributed by atoms with Crippen LogP contribution in [-0.2, 0) is 4.79 Å². The van der Waals surface area contributed by atoms with E-state index in [1.807, 2.05) is 19.1 Å². The predicted molar refractivity (Wildman–Crippen MR) is 68.4 cm³/mol. The number of Topliss-reactive ketones (excluding diaryl/α,β-unsaturated/α-hetero) is 1. The molecule has 1 aromatic rings. The third kappa shape index (κ3) is 3.40. The standard InChI is InChI=1S/C11H12Cl2OS/c1-7(5-8(14)6-15)9-3-2-4-10(12)11(9)13/h2-4,7,15H,5-6H2,1H3. The maximum atomic E-state index is 11.2. The van der Waals surface area contributed by atoms with Crippen molar-refractivity contribution in [2.24, 2.45) is 0 Å². The van der Waals surface area contributed by atoms with Gasteiger partial charge in [-0.25, -0.2) is 0 Å². The maximum Gasteiger partial charge on any atom is 0.143 e. The number of carbonyl (C=O) groups excluding carboxylic acids is 1. The van der Waals surface area contributed by atoms with Crippen LogP contribution in [0.4, 0.5) is 0 Å². The third-order valence-electron chi connectivity index (χ3n) is 2.22. The summed E-state index contributed by atoms with van der Waals surface area (Å²) in [7, 11) is 0. The minimum atomic E-state index is 0.0795.